The van der Waals surface area contributed by atoms with Gasteiger partial charge in [0, 0.05) is 5.69 Å². The summed E-state index contributed by atoms with van der Waals surface area (Å²) in [6.07, 6.45) is 0.526. The predicted octanol–water partition coefficient (Wildman–Crippen LogP) is 1.22. The third kappa shape index (κ3) is 4.59. The van der Waals surface area contributed by atoms with E-state index in [0.29, 0.717) is 17.9 Å². The van der Waals surface area contributed by atoms with Crippen LogP contribution in [0.1, 0.15) is 20.3 Å². The first-order valence-electron chi connectivity index (χ1n) is 5.90. The average molecular weight is 266 g/mol. The number of amides is 1. The smallest absolute Gasteiger partial charge is 0.341 e. The van der Waals surface area contributed by atoms with E-state index in [2.05, 4.69) is 5.32 Å². The second-order valence-corrected chi connectivity index (χ2v) is 4.43. The lowest BCUT2D eigenvalue weighted by molar-refractivity contribution is -0.139. The van der Waals surface area contributed by atoms with Gasteiger partial charge in [0.05, 0.1) is 5.54 Å². The van der Waals surface area contributed by atoms with Crippen molar-refractivity contribution in [1.29, 1.82) is 0 Å². The normalized spacial score (nSPS) is 13.4. The monoisotopic (exact) mass is 266 g/mol. The molecule has 0 aromatic heterocycles. The van der Waals surface area contributed by atoms with Crippen LogP contribution >= 0.6 is 0 Å². The maximum Gasteiger partial charge on any atom is 0.341 e. The summed E-state index contributed by atoms with van der Waals surface area (Å²) in [6.45, 7) is 3.09. The van der Waals surface area contributed by atoms with Crippen LogP contribution in [0.3, 0.4) is 0 Å². The van der Waals surface area contributed by atoms with Crippen molar-refractivity contribution in [2.24, 2.45) is 5.73 Å². The third-order valence-electron chi connectivity index (χ3n) is 2.73. The Kier molecular flexibility index (Phi) is 4.88. The Morgan fingerprint density at radius 3 is 2.42 bits per heavy atom. The minimum Gasteiger partial charge on any atom is -0.482 e. The van der Waals surface area contributed by atoms with Gasteiger partial charge in [-0.3, -0.25) is 4.79 Å². The number of hydrogen-bond acceptors (Lipinski definition) is 4. The second kappa shape index (κ2) is 6.19. The van der Waals surface area contributed by atoms with Crippen molar-refractivity contribution < 1.29 is 19.4 Å². The second-order valence-electron chi connectivity index (χ2n) is 4.43. The first-order chi connectivity index (χ1) is 8.85. The highest BCUT2D eigenvalue weighted by molar-refractivity contribution is 5.97. The molecule has 1 atom stereocenters. The minimum absolute atomic E-state index is 0.269. The van der Waals surface area contributed by atoms with Crippen LogP contribution in [0.25, 0.3) is 0 Å². The van der Waals surface area contributed by atoms with Crippen molar-refractivity contribution in [3.8, 4) is 5.75 Å². The number of anilines is 1. The van der Waals surface area contributed by atoms with Crippen LogP contribution in [0.2, 0.25) is 0 Å². The fraction of sp³-hybridized carbons (Fsp3) is 0.385. The van der Waals surface area contributed by atoms with Crippen LogP contribution in [-0.2, 0) is 9.59 Å². The van der Waals surface area contributed by atoms with Crippen molar-refractivity contribution in [2.75, 3.05) is 11.9 Å². The molecule has 0 radical (unpaired) electrons. The molecule has 0 bridgehead atoms. The van der Waals surface area contributed by atoms with E-state index in [0.717, 1.165) is 0 Å². The van der Waals surface area contributed by atoms with Gasteiger partial charge in [-0.05, 0) is 37.6 Å². The molecule has 19 heavy (non-hydrogen) atoms. The lowest BCUT2D eigenvalue weighted by Gasteiger charge is -2.21. The van der Waals surface area contributed by atoms with Gasteiger partial charge >= 0.3 is 5.97 Å². The van der Waals surface area contributed by atoms with E-state index >= 15 is 0 Å². The zero-order chi connectivity index (χ0) is 14.5. The SMILES string of the molecule is CCC(C)(N)C(=O)Nc1ccc(OCC(=O)O)cc1. The predicted molar refractivity (Wildman–Crippen MR) is 71.1 cm³/mol. The lowest BCUT2D eigenvalue weighted by Crippen LogP contribution is -2.47. The molecule has 0 heterocycles. The highest BCUT2D eigenvalue weighted by Crippen LogP contribution is 2.17. The van der Waals surface area contributed by atoms with Gasteiger partial charge in [0.2, 0.25) is 5.91 Å². The summed E-state index contributed by atoms with van der Waals surface area (Å²) >= 11 is 0. The fourth-order valence-corrected chi connectivity index (χ4v) is 1.21. The van der Waals surface area contributed by atoms with Gasteiger partial charge in [-0.1, -0.05) is 6.92 Å². The van der Waals surface area contributed by atoms with Crippen LogP contribution in [0.15, 0.2) is 24.3 Å². The lowest BCUT2D eigenvalue weighted by atomic mass is 9.99. The Balaban J connectivity index is 2.62. The van der Waals surface area contributed by atoms with Crippen molar-refractivity contribution in [3.63, 3.8) is 0 Å². The Hall–Kier alpha value is -2.08. The van der Waals surface area contributed by atoms with Crippen LogP contribution in [0.5, 0.6) is 5.75 Å². The summed E-state index contributed by atoms with van der Waals surface area (Å²) in [6, 6.07) is 6.42. The standard InChI is InChI=1S/C13H18N2O4/c1-3-13(2,14)12(18)15-9-4-6-10(7-5-9)19-8-11(16)17/h4-7H,3,8,14H2,1-2H3,(H,15,18)(H,16,17). The van der Waals surface area contributed by atoms with Crippen molar-refractivity contribution in [3.05, 3.63) is 24.3 Å². The molecule has 0 aliphatic heterocycles. The van der Waals surface area contributed by atoms with Gasteiger partial charge < -0.3 is 20.9 Å². The Labute approximate surface area is 111 Å². The summed E-state index contributed by atoms with van der Waals surface area (Å²) < 4.78 is 4.98. The quantitative estimate of drug-likeness (QED) is 0.718. The fourth-order valence-electron chi connectivity index (χ4n) is 1.21. The number of carbonyl (C=O) groups excluding carboxylic acids is 1. The molecule has 6 nitrogen and oxygen atoms in total. The first-order valence-corrected chi connectivity index (χ1v) is 5.90. The number of carboxylic acid groups (broad SMARTS) is 1. The van der Waals surface area contributed by atoms with E-state index < -0.39 is 18.1 Å². The van der Waals surface area contributed by atoms with Crippen LogP contribution < -0.4 is 15.8 Å². The van der Waals surface area contributed by atoms with Crippen molar-refractivity contribution in [2.45, 2.75) is 25.8 Å². The average Bonchev–Trinajstić information content (AvgIpc) is 2.37. The summed E-state index contributed by atoms with van der Waals surface area (Å²) in [5.41, 5.74) is 5.48. The molecule has 1 unspecified atom stereocenters. The molecular formula is C13H18N2O4. The molecule has 1 aromatic rings. The highest BCUT2D eigenvalue weighted by atomic mass is 16.5. The molecule has 1 amide bonds. The number of nitrogens with two attached hydrogens (primary N) is 1. The topological polar surface area (TPSA) is 102 Å². The molecule has 4 N–H and O–H groups in total. The minimum atomic E-state index is -1.04. The molecule has 0 saturated heterocycles. The van der Waals surface area contributed by atoms with Gasteiger partial charge in [0.25, 0.3) is 0 Å². The molecule has 1 aromatic carbocycles. The number of aliphatic carboxylic acids is 1. The van der Waals surface area contributed by atoms with E-state index in [9.17, 15) is 9.59 Å². The maximum atomic E-state index is 11.8. The molecular weight excluding hydrogens is 248 g/mol. The van der Waals surface area contributed by atoms with E-state index in [4.69, 9.17) is 15.6 Å². The van der Waals surface area contributed by atoms with Crippen LogP contribution in [0, 0.1) is 0 Å². The molecule has 0 aliphatic rings. The zero-order valence-corrected chi connectivity index (χ0v) is 11.0. The Bertz CT molecular complexity index is 454. The van der Waals surface area contributed by atoms with Gasteiger partial charge in [0.1, 0.15) is 5.75 Å². The van der Waals surface area contributed by atoms with E-state index in [1.165, 1.54) is 0 Å². The summed E-state index contributed by atoms with van der Waals surface area (Å²) in [4.78, 5) is 22.2. The molecule has 0 fully saturated rings. The highest BCUT2D eigenvalue weighted by Gasteiger charge is 2.25. The van der Waals surface area contributed by atoms with Crippen LogP contribution in [-0.4, -0.2) is 29.1 Å². The number of nitrogens with one attached hydrogen (secondary N) is 1. The molecule has 104 valence electrons. The molecule has 0 aliphatic carbocycles. The number of ether oxygens (including phenoxy) is 1. The molecule has 0 spiro atoms. The number of hydrogen-bond donors (Lipinski definition) is 3. The van der Waals surface area contributed by atoms with Gasteiger partial charge in [-0.25, -0.2) is 4.79 Å². The number of carbonyl (C=O) groups is 2. The number of rotatable bonds is 6. The van der Waals surface area contributed by atoms with E-state index in [1.807, 2.05) is 6.92 Å². The van der Waals surface area contributed by atoms with Gasteiger partial charge in [-0.15, -0.1) is 0 Å². The first kappa shape index (κ1) is 15.0. The molecule has 1 rings (SSSR count). The summed E-state index contributed by atoms with van der Waals surface area (Å²) in [5, 5.41) is 11.2. The van der Waals surface area contributed by atoms with E-state index in [-0.39, 0.29) is 5.91 Å². The van der Waals surface area contributed by atoms with Gasteiger partial charge in [-0.2, -0.15) is 0 Å². The largest absolute Gasteiger partial charge is 0.482 e. The zero-order valence-electron chi connectivity index (χ0n) is 11.0. The van der Waals surface area contributed by atoms with Crippen molar-refractivity contribution >= 4 is 17.6 Å². The summed E-state index contributed by atoms with van der Waals surface area (Å²) in [7, 11) is 0. The third-order valence-corrected chi connectivity index (χ3v) is 2.73. The number of carboxylic acids is 1. The Morgan fingerprint density at radius 2 is 1.95 bits per heavy atom. The van der Waals surface area contributed by atoms with Crippen molar-refractivity contribution in [1.82, 2.24) is 0 Å². The van der Waals surface area contributed by atoms with E-state index in [1.54, 1.807) is 31.2 Å². The maximum absolute atomic E-state index is 11.8. The molecule has 0 saturated carbocycles. The van der Waals surface area contributed by atoms with Gasteiger partial charge in [0.15, 0.2) is 6.61 Å². The summed E-state index contributed by atoms with van der Waals surface area (Å²) in [5.74, 6) is -0.889. The number of benzene rings is 1. The molecule has 6 heteroatoms. The van der Waals surface area contributed by atoms with Crippen LogP contribution in [0.4, 0.5) is 5.69 Å². The Morgan fingerprint density at radius 1 is 1.37 bits per heavy atom.